The maximum atomic E-state index is 5.02. The molecule has 1 heterocycles. The molecule has 0 bridgehead atoms. The summed E-state index contributed by atoms with van der Waals surface area (Å²) in [6, 6.07) is 4.34. The quantitative estimate of drug-likeness (QED) is 0.877. The molecule has 0 amide bonds. The Hall–Kier alpha value is -0.450. The molecular weight excluding hydrogens is 244 g/mol. The molecule has 0 radical (unpaired) electrons. The minimum absolute atomic E-state index is 0.352. The molecule has 1 N–H and O–H groups in total. The van der Waals surface area contributed by atoms with Crippen LogP contribution in [0.5, 0.6) is 0 Å². The van der Waals surface area contributed by atoms with E-state index in [1.54, 1.807) is 13.3 Å². The van der Waals surface area contributed by atoms with Crippen molar-refractivity contribution in [3.05, 3.63) is 28.5 Å². The minimum atomic E-state index is 0.352. The Bertz CT molecular complexity index is 263. The molecule has 0 aliphatic rings. The molecule has 0 spiro atoms. The second-order valence-electron chi connectivity index (χ2n) is 3.21. The van der Waals surface area contributed by atoms with Crippen molar-refractivity contribution in [1.29, 1.82) is 0 Å². The highest BCUT2D eigenvalue weighted by Gasteiger charge is 2.00. The fourth-order valence-corrected chi connectivity index (χ4v) is 1.33. The molecule has 1 atom stereocenters. The number of hydrogen-bond acceptors (Lipinski definition) is 3. The summed E-state index contributed by atoms with van der Waals surface area (Å²) < 4.78 is 6.03. The van der Waals surface area contributed by atoms with Gasteiger partial charge in [0.2, 0.25) is 0 Å². The molecule has 14 heavy (non-hydrogen) atoms. The van der Waals surface area contributed by atoms with Gasteiger partial charge >= 0.3 is 0 Å². The summed E-state index contributed by atoms with van der Waals surface area (Å²) in [5.41, 5.74) is 1.04. The highest BCUT2D eigenvalue weighted by atomic mass is 79.9. The van der Waals surface area contributed by atoms with Gasteiger partial charge in [0.25, 0.3) is 0 Å². The lowest BCUT2D eigenvalue weighted by molar-refractivity contribution is 0.171. The van der Waals surface area contributed by atoms with Crippen LogP contribution in [-0.4, -0.2) is 24.7 Å². The summed E-state index contributed by atoms with van der Waals surface area (Å²) in [6.45, 7) is 3.58. The highest BCUT2D eigenvalue weighted by molar-refractivity contribution is 9.10. The van der Waals surface area contributed by atoms with Crippen molar-refractivity contribution < 1.29 is 4.74 Å². The Kier molecular flexibility index (Phi) is 5.07. The van der Waals surface area contributed by atoms with Crippen molar-refractivity contribution in [3.8, 4) is 0 Å². The molecule has 0 fully saturated rings. The van der Waals surface area contributed by atoms with Crippen LogP contribution in [0.25, 0.3) is 0 Å². The summed E-state index contributed by atoms with van der Waals surface area (Å²) in [5, 5.41) is 3.32. The lowest BCUT2D eigenvalue weighted by Gasteiger charge is -2.11. The fraction of sp³-hybridized carbons (Fsp3) is 0.500. The van der Waals surface area contributed by atoms with Gasteiger partial charge in [0.05, 0.1) is 12.3 Å². The van der Waals surface area contributed by atoms with Crippen molar-refractivity contribution in [2.75, 3.05) is 13.7 Å². The van der Waals surface area contributed by atoms with Crippen molar-refractivity contribution in [1.82, 2.24) is 10.3 Å². The van der Waals surface area contributed by atoms with E-state index in [1.165, 1.54) is 0 Å². The second kappa shape index (κ2) is 6.11. The predicted octanol–water partition coefficient (Wildman–Crippen LogP) is 1.97. The van der Waals surface area contributed by atoms with E-state index in [-0.39, 0.29) is 0 Å². The Morgan fingerprint density at radius 1 is 1.57 bits per heavy atom. The number of ether oxygens (including phenoxy) is 1. The van der Waals surface area contributed by atoms with Crippen LogP contribution in [0, 0.1) is 0 Å². The van der Waals surface area contributed by atoms with E-state index in [2.05, 4.69) is 33.2 Å². The molecule has 1 aromatic rings. The maximum absolute atomic E-state index is 5.02. The molecule has 0 aliphatic heterocycles. The van der Waals surface area contributed by atoms with E-state index in [9.17, 15) is 0 Å². The first kappa shape index (κ1) is 11.6. The van der Waals surface area contributed by atoms with Crippen molar-refractivity contribution in [2.24, 2.45) is 0 Å². The average molecular weight is 259 g/mol. The molecule has 1 rings (SSSR count). The summed E-state index contributed by atoms with van der Waals surface area (Å²) in [5.74, 6) is 0. The zero-order valence-electron chi connectivity index (χ0n) is 8.46. The van der Waals surface area contributed by atoms with Crippen LogP contribution in [0.3, 0.4) is 0 Å². The van der Waals surface area contributed by atoms with Crippen molar-refractivity contribution in [2.45, 2.75) is 19.5 Å². The van der Waals surface area contributed by atoms with Gasteiger partial charge in [-0.1, -0.05) is 0 Å². The number of hydrogen-bond donors (Lipinski definition) is 1. The zero-order valence-corrected chi connectivity index (χ0v) is 10.0. The number of nitrogens with zero attached hydrogens (tertiary/aromatic N) is 1. The van der Waals surface area contributed by atoms with Gasteiger partial charge in [-0.2, -0.15) is 0 Å². The number of aromatic nitrogens is 1. The van der Waals surface area contributed by atoms with Crippen molar-refractivity contribution in [3.63, 3.8) is 0 Å². The van der Waals surface area contributed by atoms with Crippen LogP contribution in [0.1, 0.15) is 12.6 Å². The van der Waals surface area contributed by atoms with Gasteiger partial charge in [0, 0.05) is 30.4 Å². The van der Waals surface area contributed by atoms with E-state index < -0.39 is 0 Å². The predicted molar refractivity (Wildman–Crippen MR) is 60.1 cm³/mol. The summed E-state index contributed by atoms with van der Waals surface area (Å²) >= 11 is 3.35. The summed E-state index contributed by atoms with van der Waals surface area (Å²) in [6.07, 6.45) is 1.80. The number of rotatable bonds is 5. The SMILES string of the molecule is COCC(C)NCc1ccc(Br)cn1. The van der Waals surface area contributed by atoms with Crippen LogP contribution in [-0.2, 0) is 11.3 Å². The van der Waals surface area contributed by atoms with E-state index in [0.717, 1.165) is 23.3 Å². The molecule has 0 aliphatic carbocycles. The molecule has 3 nitrogen and oxygen atoms in total. The Balaban J connectivity index is 2.34. The van der Waals surface area contributed by atoms with E-state index in [1.807, 2.05) is 12.1 Å². The van der Waals surface area contributed by atoms with Gasteiger partial charge in [0.15, 0.2) is 0 Å². The lowest BCUT2D eigenvalue weighted by atomic mass is 10.3. The molecule has 4 heteroatoms. The van der Waals surface area contributed by atoms with Crippen LogP contribution in [0.15, 0.2) is 22.8 Å². The first-order valence-corrected chi connectivity index (χ1v) is 5.34. The maximum Gasteiger partial charge on any atom is 0.0613 e. The third kappa shape index (κ3) is 4.17. The number of halogens is 1. The lowest BCUT2D eigenvalue weighted by Crippen LogP contribution is -2.29. The van der Waals surface area contributed by atoms with Gasteiger partial charge in [-0.3, -0.25) is 4.98 Å². The van der Waals surface area contributed by atoms with Gasteiger partial charge in [0.1, 0.15) is 0 Å². The molecular formula is C10H15BrN2O. The molecule has 0 saturated carbocycles. The van der Waals surface area contributed by atoms with Gasteiger partial charge in [-0.05, 0) is 35.0 Å². The first-order valence-electron chi connectivity index (χ1n) is 4.55. The standard InChI is InChI=1S/C10H15BrN2O/c1-8(7-14-2)12-6-10-4-3-9(11)5-13-10/h3-5,8,12H,6-7H2,1-2H3. The zero-order chi connectivity index (χ0) is 10.4. The number of methoxy groups -OCH3 is 1. The molecule has 78 valence electrons. The average Bonchev–Trinajstić information content (AvgIpc) is 2.17. The molecule has 0 saturated heterocycles. The summed E-state index contributed by atoms with van der Waals surface area (Å²) in [4.78, 5) is 4.26. The first-order chi connectivity index (χ1) is 6.72. The van der Waals surface area contributed by atoms with Crippen LogP contribution in [0.4, 0.5) is 0 Å². The van der Waals surface area contributed by atoms with E-state index >= 15 is 0 Å². The van der Waals surface area contributed by atoms with Crippen LogP contribution >= 0.6 is 15.9 Å². The second-order valence-corrected chi connectivity index (χ2v) is 4.12. The topological polar surface area (TPSA) is 34.1 Å². The van der Waals surface area contributed by atoms with E-state index in [0.29, 0.717) is 6.04 Å². The highest BCUT2D eigenvalue weighted by Crippen LogP contribution is 2.07. The van der Waals surface area contributed by atoms with Crippen molar-refractivity contribution >= 4 is 15.9 Å². The Labute approximate surface area is 93.0 Å². The smallest absolute Gasteiger partial charge is 0.0613 e. The third-order valence-electron chi connectivity index (χ3n) is 1.84. The number of pyridine rings is 1. The van der Waals surface area contributed by atoms with Crippen LogP contribution < -0.4 is 5.32 Å². The van der Waals surface area contributed by atoms with Crippen LogP contribution in [0.2, 0.25) is 0 Å². The monoisotopic (exact) mass is 258 g/mol. The van der Waals surface area contributed by atoms with Gasteiger partial charge < -0.3 is 10.1 Å². The largest absolute Gasteiger partial charge is 0.383 e. The molecule has 1 unspecified atom stereocenters. The third-order valence-corrected chi connectivity index (χ3v) is 2.31. The van der Waals surface area contributed by atoms with E-state index in [4.69, 9.17) is 4.74 Å². The normalized spacial score (nSPS) is 12.8. The van der Waals surface area contributed by atoms with Gasteiger partial charge in [-0.15, -0.1) is 0 Å². The summed E-state index contributed by atoms with van der Waals surface area (Å²) in [7, 11) is 1.70. The minimum Gasteiger partial charge on any atom is -0.383 e. The number of nitrogens with one attached hydrogen (secondary N) is 1. The van der Waals surface area contributed by atoms with Gasteiger partial charge in [-0.25, -0.2) is 0 Å². The molecule has 0 aromatic carbocycles. The molecule has 1 aromatic heterocycles. The Morgan fingerprint density at radius 2 is 2.36 bits per heavy atom. The fourth-order valence-electron chi connectivity index (χ4n) is 1.10. The Morgan fingerprint density at radius 3 is 2.93 bits per heavy atom.